The van der Waals surface area contributed by atoms with Gasteiger partial charge in [0.05, 0.1) is 19.8 Å². The van der Waals surface area contributed by atoms with Crippen molar-refractivity contribution in [2.45, 2.75) is 20.1 Å². The van der Waals surface area contributed by atoms with Crippen LogP contribution in [0, 0.1) is 6.92 Å². The lowest BCUT2D eigenvalue weighted by molar-refractivity contribution is -0.135. The Morgan fingerprint density at radius 3 is 2.71 bits per heavy atom. The second-order valence-corrected chi connectivity index (χ2v) is 5.26. The van der Waals surface area contributed by atoms with E-state index in [9.17, 15) is 4.79 Å². The summed E-state index contributed by atoms with van der Waals surface area (Å²) in [6.07, 6.45) is -0.750. The van der Waals surface area contributed by atoms with E-state index in [1.54, 1.807) is 31.4 Å². The van der Waals surface area contributed by atoms with Crippen LogP contribution >= 0.6 is 0 Å². The van der Waals surface area contributed by atoms with Gasteiger partial charge in [0.2, 0.25) is 12.1 Å². The van der Waals surface area contributed by atoms with Crippen LogP contribution in [-0.4, -0.2) is 41.2 Å². The molecule has 1 aliphatic heterocycles. The number of aryl methyl sites for hydroxylation is 1. The summed E-state index contributed by atoms with van der Waals surface area (Å²) in [7, 11) is 3.08. The molecule has 126 valence electrons. The van der Waals surface area contributed by atoms with Crippen LogP contribution < -0.4 is 9.47 Å². The van der Waals surface area contributed by atoms with Crippen molar-refractivity contribution in [3.63, 3.8) is 0 Å². The minimum Gasteiger partial charge on any atom is -0.493 e. The first-order valence-corrected chi connectivity index (χ1v) is 7.33. The second-order valence-electron chi connectivity index (χ2n) is 5.26. The molecule has 0 aliphatic carbocycles. The first-order valence-electron chi connectivity index (χ1n) is 7.33. The number of carbonyl (C=O) groups is 1. The highest BCUT2D eigenvalue weighted by atomic mass is 16.5. The van der Waals surface area contributed by atoms with Gasteiger partial charge < -0.3 is 14.2 Å². The number of para-hydroxylation sites is 1. The molecule has 24 heavy (non-hydrogen) atoms. The van der Waals surface area contributed by atoms with Crippen molar-refractivity contribution in [3.05, 3.63) is 41.2 Å². The number of nitrogens with one attached hydrogen (secondary N) is 1. The fraction of sp³-hybridized carbons (Fsp3) is 0.312. The van der Waals surface area contributed by atoms with E-state index in [1.807, 2.05) is 6.92 Å². The Labute approximate surface area is 139 Å². The van der Waals surface area contributed by atoms with Gasteiger partial charge in [-0.25, -0.2) is 0 Å². The number of hydrogen-bond donors (Lipinski definition) is 1. The summed E-state index contributed by atoms with van der Waals surface area (Å²) in [6, 6.07) is 7.17. The van der Waals surface area contributed by atoms with Crippen molar-refractivity contribution in [3.8, 4) is 11.5 Å². The highest BCUT2D eigenvalue weighted by molar-refractivity contribution is 5.94. The molecule has 1 aliphatic rings. The van der Waals surface area contributed by atoms with Crippen molar-refractivity contribution >= 4 is 11.8 Å². The van der Waals surface area contributed by atoms with Gasteiger partial charge in [0.15, 0.2) is 11.5 Å². The van der Waals surface area contributed by atoms with Crippen LogP contribution in [0.15, 0.2) is 29.4 Å². The van der Waals surface area contributed by atoms with Crippen LogP contribution in [0.5, 0.6) is 11.5 Å². The number of rotatable bonds is 4. The number of ether oxygens (including phenoxy) is 3. The summed E-state index contributed by atoms with van der Waals surface area (Å²) in [5.41, 5.74) is 2.04. The summed E-state index contributed by atoms with van der Waals surface area (Å²) >= 11 is 0. The molecule has 0 fully saturated rings. The van der Waals surface area contributed by atoms with Crippen LogP contribution in [0.1, 0.15) is 30.1 Å². The maximum atomic E-state index is 12.0. The number of H-pyrrole nitrogens is 1. The summed E-state index contributed by atoms with van der Waals surface area (Å²) in [5.74, 6) is 1.05. The fourth-order valence-electron chi connectivity index (χ4n) is 2.51. The topological polar surface area (TPSA) is 89.0 Å². The zero-order chi connectivity index (χ0) is 17.3. The molecule has 8 nitrogen and oxygen atoms in total. The summed E-state index contributed by atoms with van der Waals surface area (Å²) in [5, 5.41) is 12.5. The van der Waals surface area contributed by atoms with Gasteiger partial charge in [0.25, 0.3) is 5.90 Å². The number of amides is 1. The number of benzene rings is 1. The summed E-state index contributed by atoms with van der Waals surface area (Å²) in [6.45, 7) is 3.29. The molecule has 2 heterocycles. The number of hydrogen-bond acceptors (Lipinski definition) is 6. The molecule has 0 bridgehead atoms. The van der Waals surface area contributed by atoms with Crippen LogP contribution in [-0.2, 0) is 9.53 Å². The average molecular weight is 330 g/mol. The predicted molar refractivity (Wildman–Crippen MR) is 85.8 cm³/mol. The molecule has 0 saturated carbocycles. The zero-order valence-electron chi connectivity index (χ0n) is 13.9. The Morgan fingerprint density at radius 2 is 2.12 bits per heavy atom. The van der Waals surface area contributed by atoms with E-state index >= 15 is 0 Å². The Hall–Kier alpha value is -3.03. The van der Waals surface area contributed by atoms with E-state index < -0.39 is 6.23 Å². The number of methoxy groups -OCH3 is 2. The third-order valence-electron chi connectivity index (χ3n) is 3.59. The van der Waals surface area contributed by atoms with Crippen molar-refractivity contribution in [2.75, 3.05) is 14.2 Å². The fourth-order valence-corrected chi connectivity index (χ4v) is 2.51. The molecule has 0 radical (unpaired) electrons. The van der Waals surface area contributed by atoms with E-state index in [4.69, 9.17) is 14.2 Å². The van der Waals surface area contributed by atoms with E-state index in [-0.39, 0.29) is 11.8 Å². The first-order chi connectivity index (χ1) is 11.5. The van der Waals surface area contributed by atoms with Gasteiger partial charge >= 0.3 is 0 Å². The van der Waals surface area contributed by atoms with Crippen LogP contribution in [0.4, 0.5) is 0 Å². The van der Waals surface area contributed by atoms with E-state index in [1.165, 1.54) is 19.0 Å². The highest BCUT2D eigenvalue weighted by Crippen LogP contribution is 2.40. The van der Waals surface area contributed by atoms with Gasteiger partial charge in [-0.3, -0.25) is 9.89 Å². The molecule has 1 aromatic heterocycles. The molecule has 2 aromatic rings. The minimum absolute atomic E-state index is 0.257. The monoisotopic (exact) mass is 330 g/mol. The highest BCUT2D eigenvalue weighted by Gasteiger charge is 2.36. The number of nitrogens with zero attached hydrogens (tertiary/aromatic N) is 3. The Bertz CT molecular complexity index is 799. The maximum absolute atomic E-state index is 12.0. The van der Waals surface area contributed by atoms with Crippen LogP contribution in [0.2, 0.25) is 0 Å². The van der Waals surface area contributed by atoms with Crippen molar-refractivity contribution in [1.82, 2.24) is 15.2 Å². The third-order valence-corrected chi connectivity index (χ3v) is 3.59. The molecule has 0 spiro atoms. The van der Waals surface area contributed by atoms with Gasteiger partial charge in [-0.05, 0) is 25.1 Å². The largest absolute Gasteiger partial charge is 0.493 e. The Balaban J connectivity index is 2.01. The smallest absolute Gasteiger partial charge is 0.261 e. The Kier molecular flexibility index (Phi) is 4.11. The molecule has 1 amide bonds. The molecule has 0 unspecified atom stereocenters. The second kappa shape index (κ2) is 6.23. The standard InChI is InChI=1S/C16H18N4O4/c1-9-8-12(18-17-9)15-19-20(10(2)21)16(24-15)11-6-5-7-13(22-3)14(11)23-4/h5-8,16H,1-4H3,(H,17,18)/t16-/m1/s1. The van der Waals surface area contributed by atoms with Gasteiger partial charge in [0.1, 0.15) is 5.69 Å². The van der Waals surface area contributed by atoms with Crippen LogP contribution in [0.25, 0.3) is 0 Å². The quantitative estimate of drug-likeness (QED) is 0.926. The lowest BCUT2D eigenvalue weighted by Crippen LogP contribution is -2.25. The number of hydrazone groups is 1. The molecule has 1 atom stereocenters. The van der Waals surface area contributed by atoms with Crippen LogP contribution in [0.3, 0.4) is 0 Å². The third kappa shape index (κ3) is 2.66. The Morgan fingerprint density at radius 1 is 1.33 bits per heavy atom. The normalized spacial score (nSPS) is 16.6. The lowest BCUT2D eigenvalue weighted by atomic mass is 10.1. The van der Waals surface area contributed by atoms with Crippen molar-refractivity contribution in [1.29, 1.82) is 0 Å². The van der Waals surface area contributed by atoms with E-state index in [2.05, 4.69) is 15.3 Å². The molecule has 1 aromatic carbocycles. The average Bonchev–Trinajstić information content (AvgIpc) is 3.20. The molecular weight excluding hydrogens is 312 g/mol. The number of carbonyl (C=O) groups excluding carboxylic acids is 1. The van der Waals surface area contributed by atoms with Gasteiger partial charge in [-0.2, -0.15) is 10.1 Å². The summed E-state index contributed by atoms with van der Waals surface area (Å²) in [4.78, 5) is 12.0. The lowest BCUT2D eigenvalue weighted by Gasteiger charge is -2.22. The zero-order valence-corrected chi connectivity index (χ0v) is 13.9. The first kappa shape index (κ1) is 15.9. The van der Waals surface area contributed by atoms with Crippen molar-refractivity contribution < 1.29 is 19.0 Å². The molecular formula is C16H18N4O4. The van der Waals surface area contributed by atoms with Crippen molar-refractivity contribution in [2.24, 2.45) is 5.10 Å². The van der Waals surface area contributed by atoms with Gasteiger partial charge in [-0.1, -0.05) is 6.07 Å². The SMILES string of the molecule is COc1cccc([C@H]2OC(c3cc(C)[nH]n3)=NN2C(C)=O)c1OC. The van der Waals surface area contributed by atoms with E-state index in [0.717, 1.165) is 5.69 Å². The van der Waals surface area contributed by atoms with Gasteiger partial charge in [0, 0.05) is 12.6 Å². The molecule has 3 rings (SSSR count). The summed E-state index contributed by atoms with van der Waals surface area (Å²) < 4.78 is 16.6. The van der Waals surface area contributed by atoms with Gasteiger partial charge in [-0.15, -0.1) is 5.10 Å². The predicted octanol–water partition coefficient (Wildman–Crippen LogP) is 1.97. The maximum Gasteiger partial charge on any atom is 0.261 e. The minimum atomic E-state index is -0.750. The van der Waals surface area contributed by atoms with E-state index in [0.29, 0.717) is 22.8 Å². The number of aromatic nitrogens is 2. The number of aromatic amines is 1. The molecule has 0 saturated heterocycles. The molecule has 1 N–H and O–H groups in total. The molecule has 8 heteroatoms.